The molecule has 1 fully saturated rings. The summed E-state index contributed by atoms with van der Waals surface area (Å²) in [7, 11) is 0. The molecule has 13 heavy (non-hydrogen) atoms. The van der Waals surface area contributed by atoms with Crippen molar-refractivity contribution in [3.8, 4) is 0 Å². The quantitative estimate of drug-likeness (QED) is 0.493. The van der Waals surface area contributed by atoms with E-state index < -0.39 is 0 Å². The van der Waals surface area contributed by atoms with Crippen LogP contribution in [-0.2, 0) is 9.53 Å². The lowest BCUT2D eigenvalue weighted by molar-refractivity contribution is -0.143. The highest BCUT2D eigenvalue weighted by molar-refractivity contribution is 5.75. The van der Waals surface area contributed by atoms with Gasteiger partial charge in [0.15, 0.2) is 0 Å². The van der Waals surface area contributed by atoms with Gasteiger partial charge in [-0.15, -0.1) is 6.58 Å². The van der Waals surface area contributed by atoms with Gasteiger partial charge < -0.3 is 4.74 Å². The summed E-state index contributed by atoms with van der Waals surface area (Å²) in [5.41, 5.74) is 0. The molecule has 0 aromatic heterocycles. The first kappa shape index (κ1) is 10.3. The third kappa shape index (κ3) is 2.11. The Balaban J connectivity index is 2.58. The second-order valence-electron chi connectivity index (χ2n) is 3.70. The van der Waals surface area contributed by atoms with E-state index >= 15 is 0 Å². The lowest BCUT2D eigenvalue weighted by Crippen LogP contribution is -2.16. The van der Waals surface area contributed by atoms with Crippen LogP contribution in [0.25, 0.3) is 0 Å². The maximum atomic E-state index is 11.4. The zero-order valence-corrected chi connectivity index (χ0v) is 8.45. The monoisotopic (exact) mass is 182 g/mol. The van der Waals surface area contributed by atoms with Crippen LogP contribution in [0.15, 0.2) is 12.7 Å². The highest BCUT2D eigenvalue weighted by Gasteiger charge is 2.39. The molecule has 74 valence electrons. The summed E-state index contributed by atoms with van der Waals surface area (Å²) in [6.07, 6.45) is 5.04. The van der Waals surface area contributed by atoms with E-state index in [2.05, 4.69) is 13.5 Å². The Morgan fingerprint density at radius 1 is 1.62 bits per heavy atom. The van der Waals surface area contributed by atoms with E-state index in [-0.39, 0.29) is 23.9 Å². The van der Waals surface area contributed by atoms with Gasteiger partial charge >= 0.3 is 5.97 Å². The topological polar surface area (TPSA) is 26.3 Å². The molecule has 0 aliphatic carbocycles. The summed E-state index contributed by atoms with van der Waals surface area (Å²) in [5.74, 6) is 0.248. The van der Waals surface area contributed by atoms with Crippen LogP contribution < -0.4 is 0 Å². The lowest BCUT2D eigenvalue weighted by atomic mass is 9.87. The first-order valence-corrected chi connectivity index (χ1v) is 5.03. The van der Waals surface area contributed by atoms with E-state index in [9.17, 15) is 4.79 Å². The molecule has 0 radical (unpaired) electrons. The van der Waals surface area contributed by atoms with Gasteiger partial charge in [0, 0.05) is 5.92 Å². The number of unbranched alkanes of at least 4 members (excludes halogenated alkanes) is 1. The third-order valence-corrected chi connectivity index (χ3v) is 2.75. The largest absolute Gasteiger partial charge is 0.462 e. The molecule has 0 aromatic rings. The van der Waals surface area contributed by atoms with Gasteiger partial charge in [-0.3, -0.25) is 4.79 Å². The second-order valence-corrected chi connectivity index (χ2v) is 3.70. The Kier molecular flexibility index (Phi) is 3.52. The van der Waals surface area contributed by atoms with Crippen LogP contribution >= 0.6 is 0 Å². The molecule has 1 aliphatic rings. The van der Waals surface area contributed by atoms with Crippen LogP contribution in [-0.4, -0.2) is 12.1 Å². The molecule has 0 aromatic carbocycles. The van der Waals surface area contributed by atoms with Crippen LogP contribution in [0.1, 0.15) is 33.1 Å². The number of hydrogen-bond acceptors (Lipinski definition) is 2. The third-order valence-electron chi connectivity index (χ3n) is 2.75. The number of hydrogen-bond donors (Lipinski definition) is 0. The van der Waals surface area contributed by atoms with Crippen molar-refractivity contribution >= 4 is 5.97 Å². The maximum absolute atomic E-state index is 11.4. The molecule has 0 spiro atoms. The fourth-order valence-electron chi connectivity index (χ4n) is 1.92. The number of cyclic esters (lactones) is 1. The maximum Gasteiger partial charge on any atom is 0.309 e. The van der Waals surface area contributed by atoms with Crippen molar-refractivity contribution in [1.29, 1.82) is 0 Å². The zero-order chi connectivity index (χ0) is 9.84. The van der Waals surface area contributed by atoms with E-state index in [1.54, 1.807) is 0 Å². The Morgan fingerprint density at radius 3 is 2.85 bits per heavy atom. The summed E-state index contributed by atoms with van der Waals surface area (Å²) in [6.45, 7) is 7.83. The molecule has 0 amide bonds. The molecule has 0 N–H and O–H groups in total. The molecule has 1 aliphatic heterocycles. The SMILES string of the molecule is C=C[C@H]1[C@H](C)OC(=O)[C@@H]1CCCC. The number of rotatable bonds is 4. The van der Waals surface area contributed by atoms with Gasteiger partial charge in [0.1, 0.15) is 6.10 Å². The van der Waals surface area contributed by atoms with E-state index in [1.165, 1.54) is 0 Å². The summed E-state index contributed by atoms with van der Waals surface area (Å²) in [5, 5.41) is 0. The average molecular weight is 182 g/mol. The smallest absolute Gasteiger partial charge is 0.309 e. The second kappa shape index (κ2) is 4.45. The molecule has 1 heterocycles. The standard InChI is InChI=1S/C11H18O2/c1-4-6-7-10-9(5-2)8(3)13-11(10)12/h5,8-10H,2,4,6-7H2,1,3H3/t8-,9-,10+/m0/s1. The predicted molar refractivity (Wildman–Crippen MR) is 52.3 cm³/mol. The molecule has 0 bridgehead atoms. The predicted octanol–water partition coefficient (Wildman–Crippen LogP) is 2.54. The van der Waals surface area contributed by atoms with E-state index in [4.69, 9.17) is 4.74 Å². The van der Waals surface area contributed by atoms with Gasteiger partial charge in [-0.1, -0.05) is 25.8 Å². The lowest BCUT2D eigenvalue weighted by Gasteiger charge is -2.12. The molecule has 2 nitrogen and oxygen atoms in total. The molecule has 1 rings (SSSR count). The van der Waals surface area contributed by atoms with Crippen molar-refractivity contribution in [2.24, 2.45) is 11.8 Å². The minimum Gasteiger partial charge on any atom is -0.462 e. The van der Waals surface area contributed by atoms with Gasteiger partial charge in [0.2, 0.25) is 0 Å². The van der Waals surface area contributed by atoms with Crippen molar-refractivity contribution < 1.29 is 9.53 Å². The summed E-state index contributed by atoms with van der Waals surface area (Å²) < 4.78 is 5.16. The Labute approximate surface area is 80.0 Å². The molecule has 0 unspecified atom stereocenters. The molecule has 2 heteroatoms. The number of carbonyl (C=O) groups excluding carboxylic acids is 1. The van der Waals surface area contributed by atoms with Crippen LogP contribution in [0.4, 0.5) is 0 Å². The van der Waals surface area contributed by atoms with Crippen molar-refractivity contribution in [3.05, 3.63) is 12.7 Å². The van der Waals surface area contributed by atoms with E-state index in [0.29, 0.717) is 0 Å². The summed E-state index contributed by atoms with van der Waals surface area (Å²) in [6, 6.07) is 0. The Bertz CT molecular complexity index is 198. The number of esters is 1. The van der Waals surface area contributed by atoms with Crippen LogP contribution in [0.5, 0.6) is 0 Å². The van der Waals surface area contributed by atoms with E-state index in [1.807, 2.05) is 13.0 Å². The van der Waals surface area contributed by atoms with Gasteiger partial charge in [-0.25, -0.2) is 0 Å². The highest BCUT2D eigenvalue weighted by atomic mass is 16.6. The molecule has 0 saturated carbocycles. The molecule has 3 atom stereocenters. The fourth-order valence-corrected chi connectivity index (χ4v) is 1.92. The van der Waals surface area contributed by atoms with Crippen LogP contribution in [0, 0.1) is 11.8 Å². The zero-order valence-electron chi connectivity index (χ0n) is 8.45. The average Bonchev–Trinajstić information content (AvgIpc) is 2.37. The summed E-state index contributed by atoms with van der Waals surface area (Å²) in [4.78, 5) is 11.4. The van der Waals surface area contributed by atoms with Gasteiger partial charge in [-0.05, 0) is 13.3 Å². The normalized spacial score (nSPS) is 33.1. The fraction of sp³-hybridized carbons (Fsp3) is 0.727. The van der Waals surface area contributed by atoms with Gasteiger partial charge in [0.05, 0.1) is 5.92 Å². The van der Waals surface area contributed by atoms with Crippen LogP contribution in [0.3, 0.4) is 0 Å². The van der Waals surface area contributed by atoms with Crippen molar-refractivity contribution in [1.82, 2.24) is 0 Å². The van der Waals surface area contributed by atoms with E-state index in [0.717, 1.165) is 19.3 Å². The van der Waals surface area contributed by atoms with Gasteiger partial charge in [0.25, 0.3) is 0 Å². The Hall–Kier alpha value is -0.790. The van der Waals surface area contributed by atoms with Crippen molar-refractivity contribution in [3.63, 3.8) is 0 Å². The van der Waals surface area contributed by atoms with Crippen molar-refractivity contribution in [2.75, 3.05) is 0 Å². The first-order chi connectivity index (χ1) is 6.20. The number of carbonyl (C=O) groups is 1. The highest BCUT2D eigenvalue weighted by Crippen LogP contribution is 2.32. The van der Waals surface area contributed by atoms with Gasteiger partial charge in [-0.2, -0.15) is 0 Å². The number of ether oxygens (including phenoxy) is 1. The first-order valence-electron chi connectivity index (χ1n) is 5.03. The minimum absolute atomic E-state index is 0.0202. The molecule has 1 saturated heterocycles. The molecular formula is C11H18O2. The van der Waals surface area contributed by atoms with Crippen molar-refractivity contribution in [2.45, 2.75) is 39.2 Å². The minimum atomic E-state index is -0.0362. The van der Waals surface area contributed by atoms with Crippen LogP contribution in [0.2, 0.25) is 0 Å². The Morgan fingerprint density at radius 2 is 2.31 bits per heavy atom. The molecular weight excluding hydrogens is 164 g/mol. The summed E-state index contributed by atoms with van der Waals surface area (Å²) >= 11 is 0.